The Labute approximate surface area is 450 Å². The molecule has 5 aromatic heterocycles. The minimum Gasteiger partial charge on any atom is -0.454 e. The molecule has 7 heteroatoms. The molecular weight excluding hydrogens is 965 g/mol. The smallest absolute Gasteiger partial charge is 0.237 e. The van der Waals surface area contributed by atoms with Crippen LogP contribution in [0.1, 0.15) is 5.56 Å². The second-order valence-corrected chi connectivity index (χ2v) is 20.5. The number of nitrogens with zero attached hydrogens (tertiary/aromatic N) is 6. The predicted octanol–water partition coefficient (Wildman–Crippen LogP) is 19.2. The molecule has 5 heterocycles. The summed E-state index contributed by atoms with van der Waals surface area (Å²) < 4.78 is 16.3. The lowest BCUT2D eigenvalue weighted by Gasteiger charge is -2.27. The Morgan fingerprint density at radius 2 is 0.797 bits per heavy atom. The molecule has 0 unspecified atom stereocenters. The van der Waals surface area contributed by atoms with Gasteiger partial charge < -0.3 is 22.7 Å². The standard InChI is InChI=1S/C72H40N6O/c1-74-66-67(75-58-30-11-4-22-47(58)48-23-5-12-31-59(48)75)57(42-73)68(76-60-32-13-6-24-49(60)50-25-7-14-33-61(50)76)71(70(66)77-62-34-15-8-26-51(62)52-27-9-16-35-63(52)77)78-64-40-37-44(46-29-18-20-43-19-2-3-21-45(43)46)41-56(64)54-38-39-55-53-28-10-17-36-65(53)79-72(55)69(54)78/h2-41H. The third-order valence-corrected chi connectivity index (χ3v) is 16.6. The van der Waals surface area contributed by atoms with Gasteiger partial charge in [0.05, 0.1) is 79.0 Å². The average molecular weight is 1010 g/mol. The van der Waals surface area contributed by atoms with E-state index in [0.717, 1.165) is 125 Å². The normalized spacial score (nSPS) is 12.0. The van der Waals surface area contributed by atoms with Crippen LogP contribution in [0.4, 0.5) is 5.69 Å². The number of para-hydroxylation sites is 7. The molecule has 0 aliphatic heterocycles. The highest BCUT2D eigenvalue weighted by Gasteiger charge is 2.35. The Balaban J connectivity index is 1.18. The highest BCUT2D eigenvalue weighted by molar-refractivity contribution is 6.24. The molecule has 0 aliphatic rings. The fraction of sp³-hybridized carbons (Fsp3) is 0. The Kier molecular flexibility index (Phi) is 8.85. The highest BCUT2D eigenvalue weighted by Crippen LogP contribution is 2.53. The fourth-order valence-electron chi connectivity index (χ4n) is 13.4. The summed E-state index contributed by atoms with van der Waals surface area (Å²) in [6.45, 7) is 9.84. The third kappa shape index (κ3) is 5.77. The van der Waals surface area contributed by atoms with E-state index < -0.39 is 0 Å². The maximum atomic E-state index is 12.6. The van der Waals surface area contributed by atoms with Gasteiger partial charge in [0.25, 0.3) is 0 Å². The van der Waals surface area contributed by atoms with E-state index in [1.54, 1.807) is 0 Å². The number of aromatic nitrogens is 4. The summed E-state index contributed by atoms with van der Waals surface area (Å²) in [7, 11) is 0. The van der Waals surface area contributed by atoms with Crippen LogP contribution in [0.5, 0.6) is 0 Å². The summed E-state index contributed by atoms with van der Waals surface area (Å²) in [6.07, 6.45) is 0. The molecule has 17 rings (SSSR count). The molecule has 364 valence electrons. The quantitative estimate of drug-likeness (QED) is 0.161. The van der Waals surface area contributed by atoms with E-state index in [1.165, 1.54) is 0 Å². The summed E-state index contributed by atoms with van der Waals surface area (Å²) >= 11 is 0. The van der Waals surface area contributed by atoms with Gasteiger partial charge in [-0.15, -0.1) is 0 Å². The number of nitriles is 1. The SMILES string of the molecule is [C-]#[N+]c1c(-n2c3ccccc3c3ccccc32)c(C#N)c(-n2c3ccccc3c3ccccc32)c(-n2c3ccc(-c4cccc5ccccc45)cc3c3ccc4c5ccccc5oc4c32)c1-n1c2ccccc2c2ccccc21. The molecule has 0 N–H and O–H groups in total. The van der Waals surface area contributed by atoms with Crippen molar-refractivity contribution in [3.63, 3.8) is 0 Å². The van der Waals surface area contributed by atoms with Crippen molar-refractivity contribution < 1.29 is 4.42 Å². The minimum absolute atomic E-state index is 0.327. The first-order valence-corrected chi connectivity index (χ1v) is 26.5. The maximum Gasteiger partial charge on any atom is 0.237 e. The molecule has 0 radical (unpaired) electrons. The molecule has 0 fully saturated rings. The van der Waals surface area contributed by atoms with E-state index in [1.807, 2.05) is 24.3 Å². The summed E-state index contributed by atoms with van der Waals surface area (Å²) in [4.78, 5) is 4.79. The van der Waals surface area contributed by atoms with Gasteiger partial charge in [0.15, 0.2) is 5.58 Å². The van der Waals surface area contributed by atoms with Gasteiger partial charge in [0.2, 0.25) is 5.69 Å². The number of hydrogen-bond donors (Lipinski definition) is 0. The zero-order valence-electron chi connectivity index (χ0n) is 42.2. The maximum absolute atomic E-state index is 12.6. The number of rotatable bonds is 5. The second-order valence-electron chi connectivity index (χ2n) is 20.5. The lowest BCUT2D eigenvalue weighted by atomic mass is 9.97. The molecule has 0 aliphatic carbocycles. The number of hydrogen-bond acceptors (Lipinski definition) is 2. The van der Waals surface area contributed by atoms with Crippen molar-refractivity contribution in [1.82, 2.24) is 18.3 Å². The van der Waals surface area contributed by atoms with Crippen molar-refractivity contribution in [3.8, 4) is 39.9 Å². The van der Waals surface area contributed by atoms with Crippen molar-refractivity contribution in [2.75, 3.05) is 0 Å². The zero-order chi connectivity index (χ0) is 52.0. The van der Waals surface area contributed by atoms with E-state index in [0.29, 0.717) is 39.6 Å². The molecule has 12 aromatic carbocycles. The van der Waals surface area contributed by atoms with Gasteiger partial charge in [-0.05, 0) is 82.6 Å². The van der Waals surface area contributed by atoms with Crippen molar-refractivity contribution in [3.05, 3.63) is 260 Å². The molecule has 0 atom stereocenters. The topological polar surface area (TPSA) is 61.0 Å². The summed E-state index contributed by atoms with van der Waals surface area (Å²) in [5.41, 5.74) is 14.0. The lowest BCUT2D eigenvalue weighted by molar-refractivity contribution is 0.671. The molecule has 17 aromatic rings. The van der Waals surface area contributed by atoms with Crippen LogP contribution in [0.3, 0.4) is 0 Å². The van der Waals surface area contributed by atoms with E-state index in [2.05, 4.69) is 243 Å². The van der Waals surface area contributed by atoms with Gasteiger partial charge in [-0.2, -0.15) is 5.26 Å². The van der Waals surface area contributed by atoms with Gasteiger partial charge in [-0.3, -0.25) is 0 Å². The van der Waals surface area contributed by atoms with Crippen molar-refractivity contribution in [2.24, 2.45) is 0 Å². The average Bonchev–Trinajstić information content (AvgIpc) is 3.58. The van der Waals surface area contributed by atoms with Crippen molar-refractivity contribution in [2.45, 2.75) is 0 Å². The zero-order valence-corrected chi connectivity index (χ0v) is 42.2. The fourth-order valence-corrected chi connectivity index (χ4v) is 13.4. The van der Waals surface area contributed by atoms with Crippen LogP contribution >= 0.6 is 0 Å². The Morgan fingerprint density at radius 3 is 1.34 bits per heavy atom. The molecule has 0 amide bonds. The van der Waals surface area contributed by atoms with Crippen LogP contribution in [0, 0.1) is 17.9 Å². The molecule has 0 saturated heterocycles. The van der Waals surface area contributed by atoms with Gasteiger partial charge >= 0.3 is 0 Å². The minimum atomic E-state index is 0.327. The van der Waals surface area contributed by atoms with Crippen LogP contribution in [-0.4, -0.2) is 18.3 Å². The van der Waals surface area contributed by atoms with E-state index in [9.17, 15) is 11.8 Å². The van der Waals surface area contributed by atoms with Crippen molar-refractivity contribution in [1.29, 1.82) is 5.26 Å². The number of fused-ring (bicyclic) bond motifs is 17. The van der Waals surface area contributed by atoms with Crippen LogP contribution in [0.15, 0.2) is 247 Å². The van der Waals surface area contributed by atoms with Crippen LogP contribution in [-0.2, 0) is 0 Å². The Hall–Kier alpha value is -11.1. The molecule has 79 heavy (non-hydrogen) atoms. The van der Waals surface area contributed by atoms with Gasteiger partial charge in [-0.25, -0.2) is 4.85 Å². The Morgan fingerprint density at radius 1 is 0.354 bits per heavy atom. The monoisotopic (exact) mass is 1000 g/mol. The molecular formula is C72H40N6O. The van der Waals surface area contributed by atoms with Gasteiger partial charge in [-0.1, -0.05) is 182 Å². The van der Waals surface area contributed by atoms with Crippen LogP contribution in [0.25, 0.3) is 159 Å². The summed E-state index contributed by atoms with van der Waals surface area (Å²) in [5, 5.41) is 25.1. The van der Waals surface area contributed by atoms with Crippen molar-refractivity contribution >= 4 is 126 Å². The van der Waals surface area contributed by atoms with Gasteiger partial charge in [0, 0.05) is 53.9 Å². The third-order valence-electron chi connectivity index (χ3n) is 16.6. The summed E-state index contributed by atoms with van der Waals surface area (Å²) in [6, 6.07) is 88.0. The second kappa shape index (κ2) is 16.2. The number of furan rings is 1. The predicted molar refractivity (Wildman–Crippen MR) is 325 cm³/mol. The molecule has 7 nitrogen and oxygen atoms in total. The lowest BCUT2D eigenvalue weighted by Crippen LogP contribution is -2.14. The van der Waals surface area contributed by atoms with E-state index in [-0.39, 0.29) is 0 Å². The van der Waals surface area contributed by atoms with Gasteiger partial charge in [0.1, 0.15) is 11.7 Å². The largest absolute Gasteiger partial charge is 0.454 e. The first-order chi connectivity index (χ1) is 39.2. The Bertz CT molecular complexity index is 5290. The van der Waals surface area contributed by atoms with E-state index >= 15 is 0 Å². The molecule has 0 bridgehead atoms. The van der Waals surface area contributed by atoms with Crippen LogP contribution < -0.4 is 0 Å². The number of benzene rings is 12. The molecule has 0 saturated carbocycles. The first kappa shape index (κ1) is 43.2. The first-order valence-electron chi connectivity index (χ1n) is 26.5. The molecule has 0 spiro atoms. The van der Waals surface area contributed by atoms with Crippen LogP contribution in [0.2, 0.25) is 0 Å². The highest BCUT2D eigenvalue weighted by atomic mass is 16.3. The van der Waals surface area contributed by atoms with E-state index in [4.69, 9.17) is 9.26 Å². The summed E-state index contributed by atoms with van der Waals surface area (Å²) in [5.74, 6) is 0.